The molecule has 0 saturated carbocycles. The highest BCUT2D eigenvalue weighted by atomic mass is 16.4. The number of carbonyl (C=O) groups is 1. The molecule has 0 saturated heterocycles. The van der Waals surface area contributed by atoms with Gasteiger partial charge in [0.2, 0.25) is 0 Å². The summed E-state index contributed by atoms with van der Waals surface area (Å²) in [6, 6.07) is 7.60. The van der Waals surface area contributed by atoms with Crippen molar-refractivity contribution in [3.05, 3.63) is 29.8 Å². The summed E-state index contributed by atoms with van der Waals surface area (Å²) in [5.74, 6) is -0.951. The lowest BCUT2D eigenvalue weighted by molar-refractivity contribution is -0.142. The molecule has 0 aliphatic rings. The number of nitrogens with two attached hydrogens (primary N) is 1. The first-order chi connectivity index (χ1) is 7.13. The van der Waals surface area contributed by atoms with Crippen LogP contribution in [0.1, 0.15) is 25.3 Å². The van der Waals surface area contributed by atoms with Gasteiger partial charge in [0.15, 0.2) is 0 Å². The largest absolute Gasteiger partial charge is 0.481 e. The quantitative estimate of drug-likeness (QED) is 0.728. The molecule has 0 aliphatic carbocycles. The Morgan fingerprint density at radius 2 is 2.27 bits per heavy atom. The van der Waals surface area contributed by atoms with E-state index in [1.165, 1.54) is 0 Å². The molecule has 82 valence electrons. The number of nitrogen functional groups attached to an aromatic ring is 1. The van der Waals surface area contributed by atoms with Gasteiger partial charge >= 0.3 is 5.97 Å². The Morgan fingerprint density at radius 3 is 2.80 bits per heavy atom. The smallest absolute Gasteiger partial charge is 0.306 e. The van der Waals surface area contributed by atoms with Gasteiger partial charge in [-0.15, -0.1) is 0 Å². The fourth-order valence-electron chi connectivity index (χ4n) is 1.59. The highest BCUT2D eigenvalue weighted by molar-refractivity contribution is 5.69. The van der Waals surface area contributed by atoms with E-state index in [1.54, 1.807) is 0 Å². The van der Waals surface area contributed by atoms with Crippen LogP contribution in [-0.4, -0.2) is 11.1 Å². The Labute approximate surface area is 89.9 Å². The third-order valence-electron chi connectivity index (χ3n) is 2.57. The molecule has 0 radical (unpaired) electrons. The molecule has 0 bridgehead atoms. The molecule has 3 N–H and O–H groups in total. The van der Waals surface area contributed by atoms with Gasteiger partial charge in [0.25, 0.3) is 0 Å². The van der Waals surface area contributed by atoms with Crippen molar-refractivity contribution >= 4 is 11.7 Å². The maximum Gasteiger partial charge on any atom is 0.306 e. The molecular formula is C12H17NO2. The van der Waals surface area contributed by atoms with Crippen molar-refractivity contribution in [2.24, 2.45) is 5.92 Å². The first-order valence-corrected chi connectivity index (χ1v) is 5.20. The van der Waals surface area contributed by atoms with E-state index in [0.717, 1.165) is 17.7 Å². The molecule has 0 aliphatic heterocycles. The van der Waals surface area contributed by atoms with Crippen molar-refractivity contribution in [1.82, 2.24) is 0 Å². The molecule has 0 fully saturated rings. The second-order valence-electron chi connectivity index (χ2n) is 3.73. The van der Waals surface area contributed by atoms with Gasteiger partial charge in [-0.25, -0.2) is 0 Å². The zero-order valence-electron chi connectivity index (χ0n) is 8.94. The van der Waals surface area contributed by atoms with E-state index in [9.17, 15) is 4.79 Å². The van der Waals surface area contributed by atoms with E-state index in [4.69, 9.17) is 10.8 Å². The molecule has 0 spiro atoms. The summed E-state index contributed by atoms with van der Waals surface area (Å²) in [5.41, 5.74) is 7.48. The van der Waals surface area contributed by atoms with Crippen molar-refractivity contribution in [2.75, 3.05) is 5.73 Å². The number of anilines is 1. The Hall–Kier alpha value is -1.51. The van der Waals surface area contributed by atoms with E-state index >= 15 is 0 Å². The summed E-state index contributed by atoms with van der Waals surface area (Å²) in [6.45, 7) is 1.90. The lowest BCUT2D eigenvalue weighted by atomic mass is 9.97. The van der Waals surface area contributed by atoms with Crippen molar-refractivity contribution in [3.63, 3.8) is 0 Å². The zero-order chi connectivity index (χ0) is 11.3. The van der Waals surface area contributed by atoms with Gasteiger partial charge in [0.1, 0.15) is 0 Å². The van der Waals surface area contributed by atoms with Crippen LogP contribution in [0.4, 0.5) is 5.69 Å². The van der Waals surface area contributed by atoms with E-state index in [0.29, 0.717) is 12.8 Å². The molecule has 1 aromatic rings. The summed E-state index contributed by atoms with van der Waals surface area (Å²) in [7, 11) is 0. The molecule has 0 heterocycles. The first-order valence-electron chi connectivity index (χ1n) is 5.20. The van der Waals surface area contributed by atoms with Crippen LogP contribution in [0.25, 0.3) is 0 Å². The highest BCUT2D eigenvalue weighted by Gasteiger charge is 2.14. The van der Waals surface area contributed by atoms with Crippen LogP contribution < -0.4 is 5.73 Å². The van der Waals surface area contributed by atoms with Crippen LogP contribution in [0.15, 0.2) is 24.3 Å². The molecule has 3 heteroatoms. The maximum absolute atomic E-state index is 10.8. The number of hydrogen-bond donors (Lipinski definition) is 2. The third kappa shape index (κ3) is 3.62. The predicted molar refractivity (Wildman–Crippen MR) is 60.6 cm³/mol. The summed E-state index contributed by atoms with van der Waals surface area (Å²) < 4.78 is 0. The summed E-state index contributed by atoms with van der Waals surface area (Å²) in [6.07, 6.45) is 2.13. The van der Waals surface area contributed by atoms with Crippen LogP contribution in [0, 0.1) is 5.92 Å². The average molecular weight is 207 g/mol. The second kappa shape index (κ2) is 5.39. The predicted octanol–water partition coefficient (Wildman–Crippen LogP) is 2.31. The number of aryl methyl sites for hydroxylation is 1. The fraction of sp³-hybridized carbons (Fsp3) is 0.417. The Kier molecular flexibility index (Phi) is 4.16. The Bertz CT molecular complexity index is 336. The molecule has 0 aromatic heterocycles. The molecule has 1 unspecified atom stereocenters. The standard InChI is InChI=1S/C12H17NO2/c1-2-10(12(14)15)7-6-9-4-3-5-11(13)8-9/h3-5,8,10H,2,6-7,13H2,1H3,(H,14,15). The van der Waals surface area contributed by atoms with E-state index in [1.807, 2.05) is 31.2 Å². The minimum absolute atomic E-state index is 0.244. The minimum Gasteiger partial charge on any atom is -0.481 e. The SMILES string of the molecule is CCC(CCc1cccc(N)c1)C(=O)O. The normalized spacial score (nSPS) is 12.3. The van der Waals surface area contributed by atoms with Crippen LogP contribution in [-0.2, 0) is 11.2 Å². The van der Waals surface area contributed by atoms with Crippen molar-refractivity contribution in [2.45, 2.75) is 26.2 Å². The van der Waals surface area contributed by atoms with Crippen LogP contribution in [0.2, 0.25) is 0 Å². The van der Waals surface area contributed by atoms with Gasteiger partial charge in [-0.05, 0) is 37.0 Å². The first kappa shape index (κ1) is 11.6. The van der Waals surface area contributed by atoms with Gasteiger partial charge < -0.3 is 10.8 Å². The number of rotatable bonds is 5. The van der Waals surface area contributed by atoms with E-state index in [2.05, 4.69) is 0 Å². The summed E-state index contributed by atoms with van der Waals surface area (Å²) in [4.78, 5) is 10.8. The number of aliphatic carboxylic acids is 1. The van der Waals surface area contributed by atoms with Gasteiger partial charge in [0.05, 0.1) is 5.92 Å². The van der Waals surface area contributed by atoms with Gasteiger partial charge in [-0.3, -0.25) is 4.79 Å². The summed E-state index contributed by atoms with van der Waals surface area (Å²) >= 11 is 0. The number of carboxylic acids is 1. The molecule has 1 aromatic carbocycles. The van der Waals surface area contributed by atoms with Crippen LogP contribution in [0.5, 0.6) is 0 Å². The topological polar surface area (TPSA) is 63.3 Å². The fourth-order valence-corrected chi connectivity index (χ4v) is 1.59. The van der Waals surface area contributed by atoms with E-state index < -0.39 is 5.97 Å². The summed E-state index contributed by atoms with van der Waals surface area (Å²) in [5, 5.41) is 8.88. The molecular weight excluding hydrogens is 190 g/mol. The Morgan fingerprint density at radius 1 is 1.53 bits per heavy atom. The number of benzene rings is 1. The van der Waals surface area contributed by atoms with Crippen LogP contribution in [0.3, 0.4) is 0 Å². The molecule has 0 amide bonds. The minimum atomic E-state index is -0.707. The number of carboxylic acid groups (broad SMARTS) is 1. The second-order valence-corrected chi connectivity index (χ2v) is 3.73. The Balaban J connectivity index is 2.52. The highest BCUT2D eigenvalue weighted by Crippen LogP contribution is 2.15. The molecule has 1 rings (SSSR count). The van der Waals surface area contributed by atoms with Crippen molar-refractivity contribution in [1.29, 1.82) is 0 Å². The molecule has 1 atom stereocenters. The van der Waals surface area contributed by atoms with Gasteiger partial charge in [-0.1, -0.05) is 19.1 Å². The molecule has 15 heavy (non-hydrogen) atoms. The maximum atomic E-state index is 10.8. The van der Waals surface area contributed by atoms with E-state index in [-0.39, 0.29) is 5.92 Å². The van der Waals surface area contributed by atoms with Gasteiger partial charge in [0, 0.05) is 5.69 Å². The van der Waals surface area contributed by atoms with Gasteiger partial charge in [-0.2, -0.15) is 0 Å². The van der Waals surface area contributed by atoms with Crippen molar-refractivity contribution < 1.29 is 9.90 Å². The lowest BCUT2D eigenvalue weighted by Gasteiger charge is -2.09. The average Bonchev–Trinajstić information content (AvgIpc) is 2.18. The number of hydrogen-bond acceptors (Lipinski definition) is 2. The van der Waals surface area contributed by atoms with Crippen molar-refractivity contribution in [3.8, 4) is 0 Å². The van der Waals surface area contributed by atoms with Crippen LogP contribution >= 0.6 is 0 Å². The zero-order valence-corrected chi connectivity index (χ0v) is 8.94. The third-order valence-corrected chi connectivity index (χ3v) is 2.57. The lowest BCUT2D eigenvalue weighted by Crippen LogP contribution is -2.13. The monoisotopic (exact) mass is 207 g/mol. The molecule has 3 nitrogen and oxygen atoms in total.